The molecule has 0 saturated carbocycles. The molecule has 0 amide bonds. The minimum Gasteiger partial charge on any atom is -0.385 e. The summed E-state index contributed by atoms with van der Waals surface area (Å²) in [5.74, 6) is -1.03. The third-order valence-electron chi connectivity index (χ3n) is 5.52. The SMILES string of the molecule is C[C@H](O)c1nc(Cn2c(Cl)c(-c3ccc(Cl)cc3)n(CC(O)C(F)(F)F)c2=O)nn1-c1cccc(Cl)c1F. The van der Waals surface area contributed by atoms with Crippen LogP contribution in [0.4, 0.5) is 17.6 Å². The molecule has 0 aliphatic heterocycles. The normalized spacial score (nSPS) is 13.6. The topological polar surface area (TPSA) is 98.1 Å². The first-order valence-corrected chi connectivity index (χ1v) is 12.0. The highest BCUT2D eigenvalue weighted by molar-refractivity contribution is 6.32. The molecule has 38 heavy (non-hydrogen) atoms. The Morgan fingerprint density at radius 1 is 1.03 bits per heavy atom. The summed E-state index contributed by atoms with van der Waals surface area (Å²) in [6, 6.07) is 9.93. The monoisotopic (exact) mass is 593 g/mol. The average molecular weight is 595 g/mol. The first-order chi connectivity index (χ1) is 17.8. The van der Waals surface area contributed by atoms with Crippen molar-refractivity contribution < 1.29 is 27.8 Å². The van der Waals surface area contributed by atoms with Crippen LogP contribution in [0, 0.1) is 5.82 Å². The van der Waals surface area contributed by atoms with Gasteiger partial charge in [-0.25, -0.2) is 18.9 Å². The number of nitrogens with zero attached hydrogens (tertiary/aromatic N) is 5. The highest BCUT2D eigenvalue weighted by Gasteiger charge is 2.39. The van der Waals surface area contributed by atoms with Gasteiger partial charge in [-0.05, 0) is 31.2 Å². The van der Waals surface area contributed by atoms with Crippen molar-refractivity contribution in [2.75, 3.05) is 0 Å². The first-order valence-electron chi connectivity index (χ1n) is 10.9. The Kier molecular flexibility index (Phi) is 7.91. The van der Waals surface area contributed by atoms with Crippen LogP contribution in [0.5, 0.6) is 0 Å². The van der Waals surface area contributed by atoms with Gasteiger partial charge in [0.15, 0.2) is 23.6 Å². The minimum absolute atomic E-state index is 0.0878. The number of aliphatic hydroxyl groups is 2. The zero-order chi connectivity index (χ0) is 27.9. The molecule has 0 bridgehead atoms. The second-order valence-electron chi connectivity index (χ2n) is 8.23. The van der Waals surface area contributed by atoms with E-state index in [-0.39, 0.29) is 38.8 Å². The van der Waals surface area contributed by atoms with E-state index in [1.165, 1.54) is 49.4 Å². The third kappa shape index (κ3) is 5.45. The van der Waals surface area contributed by atoms with E-state index < -0.39 is 43.0 Å². The fourth-order valence-corrected chi connectivity index (χ4v) is 4.35. The van der Waals surface area contributed by atoms with Crippen LogP contribution in [0.25, 0.3) is 16.9 Å². The van der Waals surface area contributed by atoms with Crippen molar-refractivity contribution in [2.45, 2.75) is 38.4 Å². The van der Waals surface area contributed by atoms with E-state index in [1.54, 1.807) is 0 Å². The van der Waals surface area contributed by atoms with Crippen molar-refractivity contribution in [2.24, 2.45) is 0 Å². The fraction of sp³-hybridized carbons (Fsp3) is 0.261. The molecule has 2 N–H and O–H groups in total. The summed E-state index contributed by atoms with van der Waals surface area (Å²) >= 11 is 18.3. The van der Waals surface area contributed by atoms with Gasteiger partial charge in [0, 0.05) is 10.6 Å². The Bertz CT molecular complexity index is 1530. The van der Waals surface area contributed by atoms with Gasteiger partial charge in [-0.3, -0.25) is 9.13 Å². The molecular formula is C23H18Cl3F4N5O3. The molecule has 15 heteroatoms. The van der Waals surface area contributed by atoms with Crippen LogP contribution in [-0.2, 0) is 13.1 Å². The zero-order valence-corrected chi connectivity index (χ0v) is 21.6. The van der Waals surface area contributed by atoms with E-state index in [2.05, 4.69) is 10.1 Å². The number of aliphatic hydroxyl groups excluding tert-OH is 2. The summed E-state index contributed by atoms with van der Waals surface area (Å²) in [5, 5.41) is 23.9. The number of halogens is 7. The molecular weight excluding hydrogens is 577 g/mol. The number of benzene rings is 2. The van der Waals surface area contributed by atoms with Gasteiger partial charge in [-0.2, -0.15) is 13.2 Å². The smallest absolute Gasteiger partial charge is 0.385 e. The summed E-state index contributed by atoms with van der Waals surface area (Å²) in [6.45, 7) is -0.233. The number of aromatic nitrogens is 5. The Hall–Kier alpha value is -2.90. The van der Waals surface area contributed by atoms with Crippen molar-refractivity contribution in [3.8, 4) is 16.9 Å². The maximum Gasteiger partial charge on any atom is 0.416 e. The summed E-state index contributed by atoms with van der Waals surface area (Å²) in [6.07, 6.45) is -9.08. The molecule has 2 aromatic carbocycles. The molecule has 8 nitrogen and oxygen atoms in total. The predicted molar refractivity (Wildman–Crippen MR) is 132 cm³/mol. The summed E-state index contributed by atoms with van der Waals surface area (Å²) < 4.78 is 56.7. The van der Waals surface area contributed by atoms with Crippen molar-refractivity contribution in [3.63, 3.8) is 0 Å². The predicted octanol–water partition coefficient (Wildman–Crippen LogP) is 5.02. The second-order valence-corrected chi connectivity index (χ2v) is 9.43. The molecule has 2 atom stereocenters. The van der Waals surface area contributed by atoms with E-state index in [0.29, 0.717) is 9.59 Å². The summed E-state index contributed by atoms with van der Waals surface area (Å²) in [4.78, 5) is 17.4. The van der Waals surface area contributed by atoms with Crippen LogP contribution in [-0.4, -0.2) is 46.4 Å². The molecule has 0 aliphatic rings. The summed E-state index contributed by atoms with van der Waals surface area (Å²) in [5.41, 5.74) is -0.966. The Morgan fingerprint density at radius 2 is 1.68 bits per heavy atom. The molecule has 4 rings (SSSR count). The molecule has 0 spiro atoms. The van der Waals surface area contributed by atoms with Gasteiger partial charge in [-0.1, -0.05) is 53.0 Å². The first kappa shape index (κ1) is 28.1. The van der Waals surface area contributed by atoms with Crippen molar-refractivity contribution in [1.29, 1.82) is 0 Å². The van der Waals surface area contributed by atoms with Gasteiger partial charge in [-0.15, -0.1) is 5.10 Å². The molecule has 1 unspecified atom stereocenters. The number of imidazole rings is 1. The van der Waals surface area contributed by atoms with Gasteiger partial charge in [0.2, 0.25) is 0 Å². The van der Waals surface area contributed by atoms with Crippen molar-refractivity contribution in [3.05, 3.63) is 85.6 Å². The fourth-order valence-electron chi connectivity index (χ4n) is 3.71. The highest BCUT2D eigenvalue weighted by atomic mass is 35.5. The minimum atomic E-state index is -5.00. The number of hydrogen-bond donors (Lipinski definition) is 2. The lowest BCUT2D eigenvalue weighted by molar-refractivity contribution is -0.207. The molecule has 0 fully saturated rings. The van der Waals surface area contributed by atoms with Gasteiger partial charge >= 0.3 is 11.9 Å². The number of rotatable bonds is 7. The number of alkyl halides is 3. The van der Waals surface area contributed by atoms with E-state index in [9.17, 15) is 32.6 Å². The van der Waals surface area contributed by atoms with E-state index in [4.69, 9.17) is 34.8 Å². The van der Waals surface area contributed by atoms with Gasteiger partial charge < -0.3 is 10.2 Å². The molecule has 4 aromatic rings. The molecule has 0 aliphatic carbocycles. The van der Waals surface area contributed by atoms with Crippen LogP contribution in [0.2, 0.25) is 15.2 Å². The molecule has 2 heterocycles. The van der Waals surface area contributed by atoms with Crippen LogP contribution in [0.3, 0.4) is 0 Å². The molecule has 0 saturated heterocycles. The second kappa shape index (κ2) is 10.7. The maximum absolute atomic E-state index is 14.7. The quantitative estimate of drug-likeness (QED) is 0.293. The number of hydrogen-bond acceptors (Lipinski definition) is 5. The van der Waals surface area contributed by atoms with Gasteiger partial charge in [0.25, 0.3) is 0 Å². The summed E-state index contributed by atoms with van der Waals surface area (Å²) in [7, 11) is 0. The maximum atomic E-state index is 14.7. The lowest BCUT2D eigenvalue weighted by Crippen LogP contribution is -2.37. The molecule has 202 valence electrons. The lowest BCUT2D eigenvalue weighted by atomic mass is 10.1. The van der Waals surface area contributed by atoms with Crippen molar-refractivity contribution >= 4 is 34.8 Å². The lowest BCUT2D eigenvalue weighted by Gasteiger charge is -2.16. The third-order valence-corrected chi connectivity index (χ3v) is 6.45. The highest BCUT2D eigenvalue weighted by Crippen LogP contribution is 2.31. The largest absolute Gasteiger partial charge is 0.416 e. The molecule has 2 aromatic heterocycles. The van der Waals surface area contributed by atoms with Crippen molar-refractivity contribution in [1.82, 2.24) is 23.9 Å². The van der Waals surface area contributed by atoms with E-state index in [0.717, 1.165) is 9.25 Å². The van der Waals surface area contributed by atoms with E-state index in [1.807, 2.05) is 0 Å². The van der Waals surface area contributed by atoms with Crippen LogP contribution in [0.15, 0.2) is 47.3 Å². The van der Waals surface area contributed by atoms with Gasteiger partial charge in [0.1, 0.15) is 16.9 Å². The van der Waals surface area contributed by atoms with Gasteiger partial charge in [0.05, 0.1) is 23.8 Å². The molecule has 0 radical (unpaired) electrons. The Morgan fingerprint density at radius 3 is 2.29 bits per heavy atom. The Labute approximate surface area is 227 Å². The Balaban J connectivity index is 1.84. The van der Waals surface area contributed by atoms with Crippen LogP contribution < -0.4 is 5.69 Å². The average Bonchev–Trinajstić information content (AvgIpc) is 3.36. The van der Waals surface area contributed by atoms with Crippen LogP contribution >= 0.6 is 34.8 Å². The van der Waals surface area contributed by atoms with Crippen LogP contribution in [0.1, 0.15) is 24.7 Å². The zero-order valence-electron chi connectivity index (χ0n) is 19.3. The van der Waals surface area contributed by atoms with E-state index >= 15 is 0 Å². The standard InChI is InChI=1S/C23H18Cl3F4N5O3/c1-11(36)21-31-17(32-35(21)15-4-2-3-14(25)18(15)27)10-34-20(26)19(12-5-7-13(24)8-6-12)33(22(34)38)9-16(37)23(28,29)30/h2-8,11,16,36-37H,9-10H2,1H3/t11-,16?/m0/s1.